The molecule has 20 heavy (non-hydrogen) atoms. The summed E-state index contributed by atoms with van der Waals surface area (Å²) in [5, 5.41) is 0.690. The van der Waals surface area contributed by atoms with Crippen molar-refractivity contribution in [2.75, 3.05) is 0 Å². The largest absolute Gasteiger partial charge is 0.424 e. The third-order valence-corrected chi connectivity index (χ3v) is 3.29. The molecule has 2 heterocycles. The van der Waals surface area contributed by atoms with Crippen LogP contribution >= 0.6 is 11.6 Å². The van der Waals surface area contributed by atoms with Crippen LogP contribution in [0.3, 0.4) is 0 Å². The summed E-state index contributed by atoms with van der Waals surface area (Å²) in [6.45, 7) is 1.40. The van der Waals surface area contributed by atoms with Crippen LogP contribution in [0.2, 0.25) is 5.02 Å². The molecule has 0 aliphatic carbocycles. The number of hydrogen-bond acceptors (Lipinski definition) is 2. The number of carbonyl (C=O) groups is 1. The quantitative estimate of drug-likeness (QED) is 0.661. The molecule has 100 valence electrons. The molecular formula is C16H12ClNO2. The molecule has 3 aromatic rings. The van der Waals surface area contributed by atoms with Gasteiger partial charge in [0, 0.05) is 24.2 Å². The standard InChI is InChI=1S/C16H12ClNO2/c1-11(19)20-16-10-15(12-5-7-13(17)8-6-12)18-9-3-2-4-14(16)18/h2-10H,1H3. The van der Waals surface area contributed by atoms with Gasteiger partial charge in [0.05, 0.1) is 11.2 Å². The molecule has 0 saturated carbocycles. The lowest BCUT2D eigenvalue weighted by atomic mass is 10.1. The molecule has 0 amide bonds. The van der Waals surface area contributed by atoms with Crippen molar-refractivity contribution in [3.8, 4) is 17.0 Å². The van der Waals surface area contributed by atoms with Crippen molar-refractivity contribution in [1.29, 1.82) is 0 Å². The predicted molar refractivity (Wildman–Crippen MR) is 79.2 cm³/mol. The minimum absolute atomic E-state index is 0.330. The molecule has 0 atom stereocenters. The number of halogens is 1. The number of rotatable bonds is 2. The fourth-order valence-electron chi connectivity index (χ4n) is 2.20. The Labute approximate surface area is 121 Å². The second kappa shape index (κ2) is 5.02. The molecule has 4 heteroatoms. The molecule has 0 unspecified atom stereocenters. The number of hydrogen-bond donors (Lipinski definition) is 0. The van der Waals surface area contributed by atoms with Gasteiger partial charge in [-0.2, -0.15) is 0 Å². The smallest absolute Gasteiger partial charge is 0.308 e. The number of carbonyl (C=O) groups excluding carboxylic acids is 1. The van der Waals surface area contributed by atoms with E-state index in [9.17, 15) is 4.79 Å². The van der Waals surface area contributed by atoms with E-state index in [2.05, 4.69) is 0 Å². The minimum atomic E-state index is -0.330. The lowest BCUT2D eigenvalue weighted by Gasteiger charge is -2.02. The molecule has 0 N–H and O–H groups in total. The van der Waals surface area contributed by atoms with Crippen LogP contribution in [-0.4, -0.2) is 10.4 Å². The highest BCUT2D eigenvalue weighted by Crippen LogP contribution is 2.31. The van der Waals surface area contributed by atoms with Crippen LogP contribution in [0.4, 0.5) is 0 Å². The molecule has 0 aliphatic rings. The first-order valence-corrected chi connectivity index (χ1v) is 6.57. The first-order chi connectivity index (χ1) is 9.65. The van der Waals surface area contributed by atoms with Crippen LogP contribution in [0.5, 0.6) is 5.75 Å². The van der Waals surface area contributed by atoms with E-state index in [1.807, 2.05) is 59.1 Å². The van der Waals surface area contributed by atoms with Crippen LogP contribution in [0, 0.1) is 0 Å². The van der Waals surface area contributed by atoms with Crippen LogP contribution in [-0.2, 0) is 4.79 Å². The first kappa shape index (κ1) is 12.8. The summed E-state index contributed by atoms with van der Waals surface area (Å²) in [5.74, 6) is 0.229. The summed E-state index contributed by atoms with van der Waals surface area (Å²) in [6.07, 6.45) is 1.94. The Morgan fingerprint density at radius 1 is 1.15 bits per heavy atom. The number of nitrogens with zero attached hydrogens (tertiary/aromatic N) is 1. The van der Waals surface area contributed by atoms with Crippen LogP contribution in [0.1, 0.15) is 6.92 Å². The Morgan fingerprint density at radius 2 is 1.90 bits per heavy atom. The molecule has 0 spiro atoms. The van der Waals surface area contributed by atoms with E-state index >= 15 is 0 Å². The van der Waals surface area contributed by atoms with Gasteiger partial charge in [0.2, 0.25) is 0 Å². The average molecular weight is 286 g/mol. The maximum absolute atomic E-state index is 11.2. The van der Waals surface area contributed by atoms with Gasteiger partial charge < -0.3 is 9.14 Å². The van der Waals surface area contributed by atoms with Crippen LogP contribution < -0.4 is 4.74 Å². The zero-order chi connectivity index (χ0) is 14.1. The van der Waals surface area contributed by atoms with Gasteiger partial charge >= 0.3 is 5.97 Å². The van der Waals surface area contributed by atoms with Crippen LogP contribution in [0.25, 0.3) is 16.8 Å². The monoisotopic (exact) mass is 285 g/mol. The number of ether oxygens (including phenoxy) is 1. The van der Waals surface area contributed by atoms with Gasteiger partial charge in [-0.05, 0) is 29.8 Å². The van der Waals surface area contributed by atoms with E-state index in [0.717, 1.165) is 16.8 Å². The van der Waals surface area contributed by atoms with Gasteiger partial charge in [-0.1, -0.05) is 29.8 Å². The fourth-order valence-corrected chi connectivity index (χ4v) is 2.33. The van der Waals surface area contributed by atoms with Gasteiger partial charge in [0.25, 0.3) is 0 Å². The van der Waals surface area contributed by atoms with Gasteiger partial charge in [0.15, 0.2) is 5.75 Å². The van der Waals surface area contributed by atoms with E-state index in [1.165, 1.54) is 6.92 Å². The Bertz CT molecular complexity index is 775. The van der Waals surface area contributed by atoms with Gasteiger partial charge in [-0.25, -0.2) is 0 Å². The van der Waals surface area contributed by atoms with E-state index in [1.54, 1.807) is 0 Å². The van der Waals surface area contributed by atoms with Crippen molar-refractivity contribution in [2.45, 2.75) is 6.92 Å². The molecule has 0 fully saturated rings. The number of benzene rings is 1. The summed E-state index contributed by atoms with van der Waals surface area (Å²) in [7, 11) is 0. The van der Waals surface area contributed by atoms with Gasteiger partial charge in [-0.3, -0.25) is 4.79 Å². The Kier molecular flexibility index (Phi) is 3.20. The van der Waals surface area contributed by atoms with E-state index in [-0.39, 0.29) is 5.97 Å². The number of fused-ring (bicyclic) bond motifs is 1. The highest BCUT2D eigenvalue weighted by atomic mass is 35.5. The summed E-state index contributed by atoms with van der Waals surface area (Å²) in [5.41, 5.74) is 2.81. The van der Waals surface area contributed by atoms with Gasteiger partial charge in [-0.15, -0.1) is 0 Å². The lowest BCUT2D eigenvalue weighted by molar-refractivity contribution is -0.131. The Balaban J connectivity index is 2.20. The Morgan fingerprint density at radius 3 is 2.60 bits per heavy atom. The van der Waals surface area contributed by atoms with E-state index in [0.29, 0.717) is 10.8 Å². The summed E-state index contributed by atoms with van der Waals surface area (Å²) in [6, 6.07) is 15.2. The van der Waals surface area contributed by atoms with Crippen molar-refractivity contribution in [2.24, 2.45) is 0 Å². The maximum atomic E-state index is 11.2. The third-order valence-electron chi connectivity index (χ3n) is 3.03. The molecule has 2 aromatic heterocycles. The van der Waals surface area contributed by atoms with Crippen molar-refractivity contribution < 1.29 is 9.53 Å². The normalized spacial score (nSPS) is 10.7. The summed E-state index contributed by atoms with van der Waals surface area (Å²) >= 11 is 5.92. The molecule has 3 rings (SSSR count). The second-order valence-corrected chi connectivity index (χ2v) is 4.89. The highest BCUT2D eigenvalue weighted by molar-refractivity contribution is 6.30. The Hall–Kier alpha value is -2.26. The summed E-state index contributed by atoms with van der Waals surface area (Å²) < 4.78 is 7.26. The molecule has 3 nitrogen and oxygen atoms in total. The van der Waals surface area contributed by atoms with Gasteiger partial charge in [0.1, 0.15) is 0 Å². The number of esters is 1. The molecule has 0 saturated heterocycles. The molecular weight excluding hydrogens is 274 g/mol. The maximum Gasteiger partial charge on any atom is 0.308 e. The van der Waals surface area contributed by atoms with E-state index < -0.39 is 0 Å². The molecule has 1 aromatic carbocycles. The molecule has 0 bridgehead atoms. The lowest BCUT2D eigenvalue weighted by Crippen LogP contribution is -2.00. The highest BCUT2D eigenvalue weighted by Gasteiger charge is 2.12. The van der Waals surface area contributed by atoms with Crippen molar-refractivity contribution in [1.82, 2.24) is 4.40 Å². The van der Waals surface area contributed by atoms with Crippen molar-refractivity contribution in [3.63, 3.8) is 0 Å². The topological polar surface area (TPSA) is 30.7 Å². The van der Waals surface area contributed by atoms with E-state index in [4.69, 9.17) is 16.3 Å². The third kappa shape index (κ3) is 2.28. The molecule has 0 radical (unpaired) electrons. The van der Waals surface area contributed by atoms with Crippen molar-refractivity contribution in [3.05, 3.63) is 59.8 Å². The predicted octanol–water partition coefficient (Wildman–Crippen LogP) is 4.19. The number of aromatic nitrogens is 1. The average Bonchev–Trinajstić information content (AvgIpc) is 2.78. The summed E-state index contributed by atoms with van der Waals surface area (Å²) in [4.78, 5) is 11.2. The SMILES string of the molecule is CC(=O)Oc1cc(-c2ccc(Cl)cc2)n2ccccc12. The van der Waals surface area contributed by atoms with Crippen molar-refractivity contribution >= 4 is 23.1 Å². The minimum Gasteiger partial charge on any atom is -0.424 e. The molecule has 0 aliphatic heterocycles. The first-order valence-electron chi connectivity index (χ1n) is 6.19. The number of pyridine rings is 1. The second-order valence-electron chi connectivity index (χ2n) is 4.45. The zero-order valence-corrected chi connectivity index (χ0v) is 11.6. The van der Waals surface area contributed by atoms with Crippen LogP contribution in [0.15, 0.2) is 54.7 Å². The zero-order valence-electron chi connectivity index (χ0n) is 10.8. The fraction of sp³-hybridized carbons (Fsp3) is 0.0625.